The number of hydrogen-bond acceptors (Lipinski definition) is 6. The predicted molar refractivity (Wildman–Crippen MR) is 87.4 cm³/mol. The summed E-state index contributed by atoms with van der Waals surface area (Å²) in [6.07, 6.45) is 1.64. The summed E-state index contributed by atoms with van der Waals surface area (Å²) in [5.74, 6) is 0. The van der Waals surface area contributed by atoms with Crippen molar-refractivity contribution in [2.75, 3.05) is 18.7 Å². The molecule has 1 fully saturated rings. The lowest BCUT2D eigenvalue weighted by Gasteiger charge is -2.59. The maximum absolute atomic E-state index is 11.8. The molecule has 2 rings (SSSR count). The molecule has 1 N–H and O–H groups in total. The number of ether oxygens (including phenoxy) is 1. The van der Waals surface area contributed by atoms with E-state index in [0.717, 1.165) is 6.26 Å². The molecule has 1 aromatic rings. The maximum Gasteiger partial charge on any atom is 0.310 e. The number of nitrogens with zero attached hydrogens (tertiary/aromatic N) is 1. The normalized spacial score (nSPS) is 26.4. The Morgan fingerprint density at radius 1 is 1.35 bits per heavy atom. The standard InChI is InChI=1S/C15H22N2O5S/c1-14(2)12(9-15(14,3)22-4)16-10-7-6-8-11(23(5,20)21)13(10)17(18)19/h6-8,12,16H,9H2,1-5H3. The predicted octanol–water partition coefficient (Wildman–Crippen LogP) is 2.61. The molecule has 0 spiro atoms. The number of sulfone groups is 1. The smallest absolute Gasteiger partial charge is 0.310 e. The number of methoxy groups -OCH3 is 1. The van der Waals surface area contributed by atoms with Crippen molar-refractivity contribution in [1.29, 1.82) is 0 Å². The van der Waals surface area contributed by atoms with E-state index in [4.69, 9.17) is 4.74 Å². The Labute approximate surface area is 136 Å². The van der Waals surface area contributed by atoms with Crippen molar-refractivity contribution >= 4 is 21.2 Å². The Hall–Kier alpha value is -1.67. The molecule has 1 saturated carbocycles. The second kappa shape index (κ2) is 5.45. The number of hydrogen-bond donors (Lipinski definition) is 1. The van der Waals surface area contributed by atoms with E-state index in [0.29, 0.717) is 6.42 Å². The molecule has 8 heteroatoms. The third-order valence-electron chi connectivity index (χ3n) is 5.19. The van der Waals surface area contributed by atoms with Crippen molar-refractivity contribution in [2.24, 2.45) is 5.41 Å². The highest BCUT2D eigenvalue weighted by Gasteiger charge is 2.58. The topological polar surface area (TPSA) is 98.5 Å². The summed E-state index contributed by atoms with van der Waals surface area (Å²) in [6, 6.07) is 4.24. The van der Waals surface area contributed by atoms with Crippen LogP contribution < -0.4 is 5.32 Å². The molecule has 1 aliphatic carbocycles. The second-order valence-corrected chi connectivity index (χ2v) is 8.72. The molecule has 0 saturated heterocycles. The SMILES string of the molecule is COC1(C)CC(Nc2cccc(S(C)(=O)=O)c2[N+](=O)[O-])C1(C)C. The molecule has 2 unspecified atom stereocenters. The van der Waals surface area contributed by atoms with Crippen LogP contribution in [0.4, 0.5) is 11.4 Å². The van der Waals surface area contributed by atoms with Crippen molar-refractivity contribution in [1.82, 2.24) is 0 Å². The van der Waals surface area contributed by atoms with Gasteiger partial charge in [0.15, 0.2) is 9.84 Å². The highest BCUT2D eigenvalue weighted by Crippen LogP contribution is 2.53. The van der Waals surface area contributed by atoms with E-state index in [1.165, 1.54) is 18.2 Å². The lowest BCUT2D eigenvalue weighted by molar-refractivity contribution is -0.387. The lowest BCUT2D eigenvalue weighted by Crippen LogP contribution is -2.65. The zero-order valence-corrected chi connectivity index (χ0v) is 14.7. The molecule has 0 heterocycles. The molecule has 0 bridgehead atoms. The fourth-order valence-corrected chi connectivity index (χ4v) is 3.90. The number of nitro groups is 1. The van der Waals surface area contributed by atoms with Gasteiger partial charge in [-0.3, -0.25) is 10.1 Å². The van der Waals surface area contributed by atoms with Gasteiger partial charge in [-0.1, -0.05) is 19.9 Å². The van der Waals surface area contributed by atoms with Gasteiger partial charge < -0.3 is 10.1 Å². The number of para-hydroxylation sites is 1. The van der Waals surface area contributed by atoms with Crippen molar-refractivity contribution in [3.63, 3.8) is 0 Å². The van der Waals surface area contributed by atoms with E-state index in [1.54, 1.807) is 7.11 Å². The fourth-order valence-electron chi connectivity index (χ4n) is 3.04. The van der Waals surface area contributed by atoms with Crippen molar-refractivity contribution in [3.05, 3.63) is 28.3 Å². The van der Waals surface area contributed by atoms with E-state index in [-0.39, 0.29) is 27.6 Å². The van der Waals surface area contributed by atoms with Gasteiger partial charge in [-0.05, 0) is 25.5 Å². The van der Waals surface area contributed by atoms with Crippen molar-refractivity contribution < 1.29 is 18.1 Å². The van der Waals surface area contributed by atoms with Crippen molar-refractivity contribution in [2.45, 2.75) is 43.7 Å². The fraction of sp³-hybridized carbons (Fsp3) is 0.600. The first-order chi connectivity index (χ1) is 10.4. The van der Waals surface area contributed by atoms with Crippen LogP contribution in [0.15, 0.2) is 23.1 Å². The van der Waals surface area contributed by atoms with Gasteiger partial charge in [-0.15, -0.1) is 0 Å². The number of nitro benzene ring substituents is 1. The summed E-state index contributed by atoms with van der Waals surface area (Å²) in [5.41, 5.74) is -0.768. The van der Waals surface area contributed by atoms with Crippen LogP contribution in [-0.2, 0) is 14.6 Å². The first-order valence-electron chi connectivity index (χ1n) is 7.23. The molecule has 2 atom stereocenters. The molecular weight excluding hydrogens is 320 g/mol. The van der Waals surface area contributed by atoms with Gasteiger partial charge in [-0.2, -0.15) is 0 Å². The quantitative estimate of drug-likeness (QED) is 0.652. The van der Waals surface area contributed by atoms with Crippen LogP contribution in [0.3, 0.4) is 0 Å². The number of anilines is 1. The second-order valence-electron chi connectivity index (χ2n) is 6.74. The molecule has 0 radical (unpaired) electrons. The summed E-state index contributed by atoms with van der Waals surface area (Å²) in [6.45, 7) is 6.03. The van der Waals surface area contributed by atoms with Gasteiger partial charge in [-0.25, -0.2) is 8.42 Å². The molecule has 128 valence electrons. The lowest BCUT2D eigenvalue weighted by atomic mass is 9.56. The van der Waals surface area contributed by atoms with Crippen LogP contribution in [0.2, 0.25) is 0 Å². The third-order valence-corrected chi connectivity index (χ3v) is 6.32. The van der Waals surface area contributed by atoms with E-state index in [9.17, 15) is 18.5 Å². The molecular formula is C15H22N2O5S. The summed E-state index contributed by atoms with van der Waals surface area (Å²) in [4.78, 5) is 10.5. The van der Waals surface area contributed by atoms with E-state index < -0.39 is 20.4 Å². The Kier molecular flexibility index (Phi) is 4.19. The van der Waals surface area contributed by atoms with Gasteiger partial charge in [0.2, 0.25) is 0 Å². The minimum absolute atomic E-state index is 0.0547. The highest BCUT2D eigenvalue weighted by molar-refractivity contribution is 7.90. The Morgan fingerprint density at radius 3 is 2.39 bits per heavy atom. The number of benzene rings is 1. The zero-order valence-electron chi connectivity index (χ0n) is 13.9. The number of rotatable bonds is 5. The van der Waals surface area contributed by atoms with E-state index in [2.05, 4.69) is 5.32 Å². The van der Waals surface area contributed by atoms with Crippen LogP contribution in [0.1, 0.15) is 27.2 Å². The average molecular weight is 342 g/mol. The third kappa shape index (κ3) is 2.81. The average Bonchev–Trinajstić information content (AvgIpc) is 2.45. The molecule has 0 aliphatic heterocycles. The summed E-state index contributed by atoms with van der Waals surface area (Å²) in [7, 11) is -2.04. The number of nitrogens with one attached hydrogen (secondary N) is 1. The maximum atomic E-state index is 11.8. The van der Waals surface area contributed by atoms with Crippen LogP contribution in [0, 0.1) is 15.5 Å². The van der Waals surface area contributed by atoms with Crippen molar-refractivity contribution in [3.8, 4) is 0 Å². The van der Waals surface area contributed by atoms with E-state index >= 15 is 0 Å². The molecule has 7 nitrogen and oxygen atoms in total. The van der Waals surface area contributed by atoms with Gasteiger partial charge in [0.1, 0.15) is 10.6 Å². The summed E-state index contributed by atoms with van der Waals surface area (Å²) < 4.78 is 29.2. The molecule has 0 aromatic heterocycles. The molecule has 1 aromatic carbocycles. The Bertz CT molecular complexity index is 744. The van der Waals surface area contributed by atoms with E-state index in [1.807, 2.05) is 20.8 Å². The van der Waals surface area contributed by atoms with Crippen LogP contribution in [-0.4, -0.2) is 38.3 Å². The molecule has 1 aliphatic rings. The van der Waals surface area contributed by atoms with Gasteiger partial charge in [0, 0.05) is 24.8 Å². The first-order valence-corrected chi connectivity index (χ1v) is 9.12. The van der Waals surface area contributed by atoms with Crippen LogP contribution in [0.25, 0.3) is 0 Å². The van der Waals surface area contributed by atoms with Gasteiger partial charge >= 0.3 is 5.69 Å². The Morgan fingerprint density at radius 2 is 1.96 bits per heavy atom. The van der Waals surface area contributed by atoms with Crippen LogP contribution in [0.5, 0.6) is 0 Å². The minimum atomic E-state index is -3.69. The minimum Gasteiger partial charge on any atom is -0.378 e. The monoisotopic (exact) mass is 342 g/mol. The Balaban J connectivity index is 2.42. The van der Waals surface area contributed by atoms with Crippen LogP contribution >= 0.6 is 0 Å². The molecule has 0 amide bonds. The largest absolute Gasteiger partial charge is 0.378 e. The summed E-state index contributed by atoms with van der Waals surface area (Å²) >= 11 is 0. The van der Waals surface area contributed by atoms with Gasteiger partial charge in [0.25, 0.3) is 0 Å². The van der Waals surface area contributed by atoms with Gasteiger partial charge in [0.05, 0.1) is 10.5 Å². The first kappa shape index (κ1) is 17.7. The highest BCUT2D eigenvalue weighted by atomic mass is 32.2. The zero-order chi connectivity index (χ0) is 17.6. The molecule has 23 heavy (non-hydrogen) atoms. The summed E-state index contributed by atoms with van der Waals surface area (Å²) in [5, 5.41) is 14.5.